The molecule has 180 valence electrons. The molecule has 0 bridgehead atoms. The quantitative estimate of drug-likeness (QED) is 0.511. The number of benzene rings is 1. The van der Waals surface area contributed by atoms with Crippen LogP contribution in [0.15, 0.2) is 28.9 Å². The molecule has 33 heavy (non-hydrogen) atoms. The molecule has 1 fully saturated rings. The van der Waals surface area contributed by atoms with Crippen LogP contribution in [0.1, 0.15) is 22.3 Å². The molecule has 0 aliphatic carbocycles. The predicted octanol–water partition coefficient (Wildman–Crippen LogP) is 2.75. The minimum atomic E-state index is -4.13. The molecule has 0 saturated carbocycles. The van der Waals surface area contributed by atoms with E-state index in [1.54, 1.807) is 24.0 Å². The van der Waals surface area contributed by atoms with Crippen LogP contribution in [0.2, 0.25) is 0 Å². The molecule has 1 aromatic carbocycles. The maximum Gasteiger partial charge on any atom is 0.265 e. The van der Waals surface area contributed by atoms with Crippen molar-refractivity contribution >= 4 is 32.0 Å². The summed E-state index contributed by atoms with van der Waals surface area (Å²) in [5.74, 6) is -0.692. The highest BCUT2D eigenvalue weighted by Crippen LogP contribution is 2.22. The molecule has 1 aromatic heterocycles. The van der Waals surface area contributed by atoms with Gasteiger partial charge in [-0.3, -0.25) is 14.2 Å². The monoisotopic (exact) mass is 543 g/mol. The molecule has 8 nitrogen and oxygen atoms in total. The lowest BCUT2D eigenvalue weighted by Gasteiger charge is -2.35. The lowest BCUT2D eigenvalue weighted by atomic mass is 10.0. The van der Waals surface area contributed by atoms with Gasteiger partial charge < -0.3 is 9.64 Å². The molecule has 0 spiro atoms. The van der Waals surface area contributed by atoms with Gasteiger partial charge in [-0.25, -0.2) is 9.37 Å². The molecule has 0 radical (unpaired) electrons. The van der Waals surface area contributed by atoms with Gasteiger partial charge >= 0.3 is 0 Å². The number of hydrogen-bond donors (Lipinski definition) is 1. The SMILES string of the molecule is Cc1cc(CN2CCN(C(=O)COc3ncc(Br)cc3CCS(=O)(=O)O)CC2)c(C)cc1F. The highest BCUT2D eigenvalue weighted by molar-refractivity contribution is 9.10. The van der Waals surface area contributed by atoms with Crippen LogP contribution in [0.4, 0.5) is 4.39 Å². The number of carbonyl (C=O) groups excluding carboxylic acids is 1. The number of rotatable bonds is 8. The zero-order valence-electron chi connectivity index (χ0n) is 18.6. The summed E-state index contributed by atoms with van der Waals surface area (Å²) in [4.78, 5) is 20.7. The Morgan fingerprint density at radius 3 is 2.52 bits per heavy atom. The first-order valence-corrected chi connectivity index (χ1v) is 12.9. The second-order valence-electron chi connectivity index (χ2n) is 8.13. The lowest BCUT2D eigenvalue weighted by molar-refractivity contribution is -0.135. The molecule has 11 heteroatoms. The van der Waals surface area contributed by atoms with Gasteiger partial charge in [0.25, 0.3) is 16.0 Å². The average molecular weight is 544 g/mol. The van der Waals surface area contributed by atoms with Crippen molar-refractivity contribution < 1.29 is 26.9 Å². The summed E-state index contributed by atoms with van der Waals surface area (Å²) >= 11 is 3.27. The predicted molar refractivity (Wildman–Crippen MR) is 125 cm³/mol. The van der Waals surface area contributed by atoms with E-state index in [9.17, 15) is 17.6 Å². The first-order chi connectivity index (χ1) is 15.5. The summed E-state index contributed by atoms with van der Waals surface area (Å²) in [7, 11) is -4.13. The van der Waals surface area contributed by atoms with Crippen LogP contribution in [-0.4, -0.2) is 72.2 Å². The van der Waals surface area contributed by atoms with Gasteiger partial charge in [0.05, 0.1) is 5.75 Å². The van der Waals surface area contributed by atoms with Crippen molar-refractivity contribution in [3.8, 4) is 5.88 Å². The van der Waals surface area contributed by atoms with E-state index in [4.69, 9.17) is 9.29 Å². The van der Waals surface area contributed by atoms with Gasteiger partial charge in [-0.15, -0.1) is 0 Å². The number of nitrogens with zero attached hydrogens (tertiary/aromatic N) is 3. The molecule has 1 amide bonds. The van der Waals surface area contributed by atoms with E-state index in [0.29, 0.717) is 48.3 Å². The molecule has 1 N–H and O–H groups in total. The largest absolute Gasteiger partial charge is 0.467 e. The summed E-state index contributed by atoms with van der Waals surface area (Å²) in [6.45, 7) is 6.61. The average Bonchev–Trinajstić information content (AvgIpc) is 2.75. The molecular formula is C22H27BrFN3O5S. The van der Waals surface area contributed by atoms with Crippen LogP contribution in [0.25, 0.3) is 0 Å². The van der Waals surface area contributed by atoms with Gasteiger partial charge in [0.1, 0.15) is 5.82 Å². The van der Waals surface area contributed by atoms with Crippen molar-refractivity contribution in [3.05, 3.63) is 56.9 Å². The van der Waals surface area contributed by atoms with E-state index in [1.165, 1.54) is 6.20 Å². The van der Waals surface area contributed by atoms with Crippen molar-refractivity contribution in [1.29, 1.82) is 0 Å². The Kier molecular flexibility index (Phi) is 8.43. The summed E-state index contributed by atoms with van der Waals surface area (Å²) in [6, 6.07) is 5.08. The number of piperazine rings is 1. The Balaban J connectivity index is 1.52. The fourth-order valence-corrected chi connectivity index (χ4v) is 4.50. The summed E-state index contributed by atoms with van der Waals surface area (Å²) in [6.07, 6.45) is 1.50. The van der Waals surface area contributed by atoms with Gasteiger partial charge in [-0.2, -0.15) is 8.42 Å². The molecule has 3 rings (SSSR count). The smallest absolute Gasteiger partial charge is 0.265 e. The lowest BCUT2D eigenvalue weighted by Crippen LogP contribution is -2.49. The molecular weight excluding hydrogens is 517 g/mol. The molecule has 0 unspecified atom stereocenters. The molecule has 1 aliphatic heterocycles. The van der Waals surface area contributed by atoms with Gasteiger partial charge in [0.2, 0.25) is 5.88 Å². The van der Waals surface area contributed by atoms with Gasteiger partial charge in [-0.1, -0.05) is 6.07 Å². The number of ether oxygens (including phenoxy) is 1. The molecule has 0 atom stereocenters. The van der Waals surface area contributed by atoms with E-state index >= 15 is 0 Å². The fraction of sp³-hybridized carbons (Fsp3) is 0.455. The van der Waals surface area contributed by atoms with Crippen LogP contribution < -0.4 is 4.74 Å². The Hall–Kier alpha value is -2.08. The van der Waals surface area contributed by atoms with Crippen molar-refractivity contribution in [1.82, 2.24) is 14.8 Å². The first kappa shape index (κ1) is 25.5. The first-order valence-electron chi connectivity index (χ1n) is 10.5. The zero-order valence-corrected chi connectivity index (χ0v) is 21.0. The van der Waals surface area contributed by atoms with Crippen LogP contribution in [0, 0.1) is 19.7 Å². The van der Waals surface area contributed by atoms with Gasteiger partial charge in [-0.05, 0) is 65.0 Å². The minimum Gasteiger partial charge on any atom is -0.467 e. The van der Waals surface area contributed by atoms with Crippen molar-refractivity contribution in [3.63, 3.8) is 0 Å². The van der Waals surface area contributed by atoms with Crippen LogP contribution in [-0.2, 0) is 27.9 Å². The van der Waals surface area contributed by atoms with Crippen LogP contribution in [0.5, 0.6) is 5.88 Å². The second-order valence-corrected chi connectivity index (χ2v) is 10.6. The number of carbonyl (C=O) groups is 1. The summed E-state index contributed by atoms with van der Waals surface area (Å²) < 4.78 is 51.1. The molecule has 2 aromatic rings. The maximum absolute atomic E-state index is 13.7. The number of aryl methyl sites for hydroxylation is 3. The number of aromatic nitrogens is 1. The number of hydrogen-bond acceptors (Lipinski definition) is 6. The van der Waals surface area contributed by atoms with Crippen LogP contribution >= 0.6 is 15.9 Å². The third kappa shape index (κ3) is 7.46. The van der Waals surface area contributed by atoms with E-state index in [2.05, 4.69) is 25.8 Å². The Morgan fingerprint density at radius 1 is 1.15 bits per heavy atom. The van der Waals surface area contributed by atoms with Crippen LogP contribution in [0.3, 0.4) is 0 Å². The van der Waals surface area contributed by atoms with Crippen molar-refractivity contribution in [2.24, 2.45) is 0 Å². The Morgan fingerprint density at radius 2 is 1.85 bits per heavy atom. The number of halogens is 2. The standard InChI is InChI=1S/C22H27BrFN3O5S/c1-15-10-20(24)16(2)9-18(15)13-26-4-6-27(7-5-26)21(28)14-32-22-17(3-8-33(29,30)31)11-19(23)12-25-22/h9-12H,3-8,13-14H2,1-2H3,(H,29,30,31). The second kappa shape index (κ2) is 10.9. The number of pyridine rings is 1. The Bertz CT molecular complexity index is 1120. The minimum absolute atomic E-state index is 0.00967. The van der Waals surface area contributed by atoms with E-state index in [0.717, 1.165) is 11.1 Å². The van der Waals surface area contributed by atoms with E-state index in [1.807, 2.05) is 13.0 Å². The highest BCUT2D eigenvalue weighted by atomic mass is 79.9. The highest BCUT2D eigenvalue weighted by Gasteiger charge is 2.23. The van der Waals surface area contributed by atoms with E-state index < -0.39 is 15.9 Å². The van der Waals surface area contributed by atoms with Crippen molar-refractivity contribution in [2.45, 2.75) is 26.8 Å². The van der Waals surface area contributed by atoms with Crippen molar-refractivity contribution in [2.75, 3.05) is 38.5 Å². The fourth-order valence-electron chi connectivity index (χ4n) is 3.65. The molecule has 1 saturated heterocycles. The van der Waals surface area contributed by atoms with Gasteiger partial charge in [0.15, 0.2) is 6.61 Å². The third-order valence-corrected chi connectivity index (χ3v) is 6.74. The number of amides is 1. The van der Waals surface area contributed by atoms with Gasteiger partial charge in [0, 0.05) is 49.0 Å². The normalized spacial score (nSPS) is 15.0. The Labute approximate surface area is 201 Å². The summed E-state index contributed by atoms with van der Waals surface area (Å²) in [5.41, 5.74) is 3.09. The third-order valence-electron chi connectivity index (χ3n) is 5.59. The molecule has 2 heterocycles. The van der Waals surface area contributed by atoms with E-state index in [-0.39, 0.29) is 30.6 Å². The maximum atomic E-state index is 13.7. The zero-order chi connectivity index (χ0) is 24.2. The topological polar surface area (TPSA) is 100 Å². The summed E-state index contributed by atoms with van der Waals surface area (Å²) in [5, 5.41) is 0. The molecule has 1 aliphatic rings.